The molecule has 0 saturated heterocycles. The number of hydrogen-bond acceptors (Lipinski definition) is 4. The third-order valence-electron chi connectivity index (χ3n) is 4.33. The van der Waals surface area contributed by atoms with Crippen molar-refractivity contribution >= 4 is 11.6 Å². The Bertz CT molecular complexity index is 763. The minimum atomic E-state index is -0.610. The Labute approximate surface area is 161 Å². The maximum absolute atomic E-state index is 12.7. The lowest BCUT2D eigenvalue weighted by Gasteiger charge is -2.21. The van der Waals surface area contributed by atoms with Crippen molar-refractivity contribution in [1.82, 2.24) is 0 Å². The van der Waals surface area contributed by atoms with Gasteiger partial charge in [0.05, 0.1) is 19.9 Å². The molecule has 5 heteroatoms. The zero-order valence-corrected chi connectivity index (χ0v) is 17.0. The Balaban J connectivity index is 2.12. The number of nitrogens with one attached hydrogen (secondary N) is 1. The van der Waals surface area contributed by atoms with Crippen molar-refractivity contribution in [3.8, 4) is 17.2 Å². The summed E-state index contributed by atoms with van der Waals surface area (Å²) in [7, 11) is 3.13. The molecule has 1 N–H and O–H groups in total. The Kier molecular flexibility index (Phi) is 6.72. The van der Waals surface area contributed by atoms with E-state index in [9.17, 15) is 4.79 Å². The monoisotopic (exact) mass is 371 g/mol. The smallest absolute Gasteiger partial charge is 0.265 e. The molecule has 2 aromatic carbocycles. The molecule has 2 aromatic rings. The van der Waals surface area contributed by atoms with E-state index >= 15 is 0 Å². The highest BCUT2D eigenvalue weighted by Crippen LogP contribution is 2.29. The van der Waals surface area contributed by atoms with Gasteiger partial charge >= 0.3 is 0 Å². The molecule has 0 aliphatic heterocycles. The molecule has 0 radical (unpaired) electrons. The lowest BCUT2D eigenvalue weighted by atomic mass is 9.87. The maximum atomic E-state index is 12.7. The summed E-state index contributed by atoms with van der Waals surface area (Å²) in [6, 6.07) is 13.1. The van der Waals surface area contributed by atoms with Crippen LogP contribution in [-0.4, -0.2) is 26.2 Å². The molecule has 1 amide bonds. The summed E-state index contributed by atoms with van der Waals surface area (Å²) in [5.74, 6) is 1.64. The average Bonchev–Trinajstić information content (AvgIpc) is 2.65. The van der Waals surface area contributed by atoms with Crippen molar-refractivity contribution in [3.63, 3.8) is 0 Å². The van der Waals surface area contributed by atoms with Crippen LogP contribution in [0.25, 0.3) is 0 Å². The van der Waals surface area contributed by atoms with Crippen molar-refractivity contribution in [2.45, 2.75) is 45.6 Å². The molecule has 146 valence electrons. The first-order valence-corrected chi connectivity index (χ1v) is 9.08. The van der Waals surface area contributed by atoms with Crippen molar-refractivity contribution in [3.05, 3.63) is 48.0 Å². The molecule has 0 spiro atoms. The first-order chi connectivity index (χ1) is 12.8. The third kappa shape index (κ3) is 5.39. The van der Waals surface area contributed by atoms with Crippen molar-refractivity contribution < 1.29 is 19.0 Å². The molecule has 0 bridgehead atoms. The molecular weight excluding hydrogens is 342 g/mol. The van der Waals surface area contributed by atoms with E-state index in [2.05, 4.69) is 26.1 Å². The minimum absolute atomic E-state index is 0.0724. The molecule has 1 atom stereocenters. The van der Waals surface area contributed by atoms with Gasteiger partial charge in [-0.3, -0.25) is 4.79 Å². The third-order valence-corrected chi connectivity index (χ3v) is 4.33. The van der Waals surface area contributed by atoms with Gasteiger partial charge in [0.15, 0.2) is 6.10 Å². The summed E-state index contributed by atoms with van der Waals surface area (Å²) < 4.78 is 16.4. The predicted molar refractivity (Wildman–Crippen MR) is 108 cm³/mol. The molecule has 27 heavy (non-hydrogen) atoms. The number of hydrogen-bond donors (Lipinski definition) is 1. The highest BCUT2D eigenvalue weighted by atomic mass is 16.5. The summed E-state index contributed by atoms with van der Waals surface area (Å²) in [6.45, 7) is 8.39. The van der Waals surface area contributed by atoms with Gasteiger partial charge < -0.3 is 19.5 Å². The average molecular weight is 371 g/mol. The van der Waals surface area contributed by atoms with E-state index in [-0.39, 0.29) is 11.3 Å². The number of amides is 1. The zero-order chi connectivity index (χ0) is 20.0. The molecule has 1 unspecified atom stereocenters. The van der Waals surface area contributed by atoms with Gasteiger partial charge in [0, 0.05) is 6.07 Å². The van der Waals surface area contributed by atoms with E-state index < -0.39 is 6.10 Å². The van der Waals surface area contributed by atoms with Crippen LogP contribution in [0.15, 0.2) is 42.5 Å². The summed E-state index contributed by atoms with van der Waals surface area (Å²) in [4.78, 5) is 12.7. The summed E-state index contributed by atoms with van der Waals surface area (Å²) >= 11 is 0. The Morgan fingerprint density at radius 2 is 1.63 bits per heavy atom. The number of methoxy groups -OCH3 is 2. The van der Waals surface area contributed by atoms with Crippen LogP contribution < -0.4 is 19.5 Å². The topological polar surface area (TPSA) is 56.8 Å². The number of anilines is 1. The molecule has 0 heterocycles. The maximum Gasteiger partial charge on any atom is 0.265 e. The van der Waals surface area contributed by atoms with Crippen molar-refractivity contribution in [2.75, 3.05) is 19.5 Å². The van der Waals surface area contributed by atoms with Gasteiger partial charge in [0.25, 0.3) is 5.91 Å². The van der Waals surface area contributed by atoms with Gasteiger partial charge in [-0.1, -0.05) is 39.8 Å². The van der Waals surface area contributed by atoms with Gasteiger partial charge in [-0.2, -0.15) is 0 Å². The van der Waals surface area contributed by atoms with Crippen LogP contribution in [0.1, 0.15) is 39.7 Å². The molecule has 0 aliphatic rings. The van der Waals surface area contributed by atoms with E-state index in [1.807, 2.05) is 31.2 Å². The Hall–Kier alpha value is -2.69. The Morgan fingerprint density at radius 3 is 2.15 bits per heavy atom. The number of rotatable bonds is 7. The second kappa shape index (κ2) is 8.80. The molecule has 5 nitrogen and oxygen atoms in total. The molecular formula is C22H29NO4. The lowest BCUT2D eigenvalue weighted by Crippen LogP contribution is -2.32. The largest absolute Gasteiger partial charge is 0.497 e. The number of carbonyl (C=O) groups excluding carboxylic acids is 1. The predicted octanol–water partition coefficient (Wildman–Crippen LogP) is 4.80. The second-order valence-electron chi connectivity index (χ2n) is 7.34. The van der Waals surface area contributed by atoms with Crippen LogP contribution >= 0.6 is 0 Å². The van der Waals surface area contributed by atoms with Gasteiger partial charge in [-0.25, -0.2) is 0 Å². The highest BCUT2D eigenvalue weighted by Gasteiger charge is 2.21. The van der Waals surface area contributed by atoms with Crippen LogP contribution in [0.4, 0.5) is 5.69 Å². The van der Waals surface area contributed by atoms with Crippen molar-refractivity contribution in [2.24, 2.45) is 0 Å². The first kappa shape index (κ1) is 20.6. The first-order valence-electron chi connectivity index (χ1n) is 9.08. The number of carbonyl (C=O) groups is 1. The van der Waals surface area contributed by atoms with E-state index in [1.165, 1.54) is 5.56 Å². The molecule has 2 rings (SSSR count). The highest BCUT2D eigenvalue weighted by molar-refractivity contribution is 5.95. The minimum Gasteiger partial charge on any atom is -0.497 e. The molecule has 0 fully saturated rings. The normalized spacial score (nSPS) is 12.2. The van der Waals surface area contributed by atoms with Gasteiger partial charge in [0.2, 0.25) is 0 Å². The standard InChI is InChI=1S/C22H29NO4/c1-7-19(27-16-10-8-15(9-11-16)22(2,3)4)21(24)23-18-14-17(25-5)12-13-20(18)26-6/h8-14,19H,7H2,1-6H3,(H,23,24). The molecule has 0 saturated carbocycles. The van der Waals surface area contributed by atoms with E-state index in [4.69, 9.17) is 14.2 Å². The summed E-state index contributed by atoms with van der Waals surface area (Å²) in [5, 5.41) is 2.87. The van der Waals surface area contributed by atoms with Gasteiger partial charge in [-0.15, -0.1) is 0 Å². The molecule has 0 aromatic heterocycles. The van der Waals surface area contributed by atoms with Crippen LogP contribution in [-0.2, 0) is 10.2 Å². The van der Waals surface area contributed by atoms with E-state index in [0.29, 0.717) is 29.4 Å². The number of ether oxygens (including phenoxy) is 3. The molecule has 0 aliphatic carbocycles. The fourth-order valence-corrected chi connectivity index (χ4v) is 2.64. The SMILES string of the molecule is CCC(Oc1ccc(C(C)(C)C)cc1)C(=O)Nc1cc(OC)ccc1OC. The van der Waals surface area contributed by atoms with Gasteiger partial charge in [-0.05, 0) is 41.7 Å². The summed E-state index contributed by atoms with van der Waals surface area (Å²) in [6.07, 6.45) is -0.0690. The van der Waals surface area contributed by atoms with E-state index in [0.717, 1.165) is 0 Å². The van der Waals surface area contributed by atoms with Crippen molar-refractivity contribution in [1.29, 1.82) is 0 Å². The quantitative estimate of drug-likeness (QED) is 0.760. The fourth-order valence-electron chi connectivity index (χ4n) is 2.64. The van der Waals surface area contributed by atoms with Crippen LogP contribution in [0, 0.1) is 0 Å². The zero-order valence-electron chi connectivity index (χ0n) is 17.0. The Morgan fingerprint density at radius 1 is 1.00 bits per heavy atom. The lowest BCUT2D eigenvalue weighted by molar-refractivity contribution is -0.122. The second-order valence-corrected chi connectivity index (χ2v) is 7.34. The van der Waals surface area contributed by atoms with E-state index in [1.54, 1.807) is 32.4 Å². The van der Waals surface area contributed by atoms with Crippen LogP contribution in [0.3, 0.4) is 0 Å². The number of benzene rings is 2. The van der Waals surface area contributed by atoms with Crippen LogP contribution in [0.5, 0.6) is 17.2 Å². The van der Waals surface area contributed by atoms with Gasteiger partial charge in [0.1, 0.15) is 17.2 Å². The summed E-state index contributed by atoms with van der Waals surface area (Å²) in [5.41, 5.74) is 1.84. The van der Waals surface area contributed by atoms with Crippen LogP contribution in [0.2, 0.25) is 0 Å². The fraction of sp³-hybridized carbons (Fsp3) is 0.409.